The third-order valence-electron chi connectivity index (χ3n) is 2.27. The van der Waals surface area contributed by atoms with Crippen LogP contribution in [0.4, 0.5) is 5.69 Å². The molecule has 0 fully saturated rings. The molecule has 78 valence electrons. The fraction of sp³-hybridized carbons (Fsp3) is 0.273. The molecule has 2 aromatic rings. The molecule has 0 atom stereocenters. The van der Waals surface area contributed by atoms with E-state index in [2.05, 4.69) is 10.1 Å². The van der Waals surface area contributed by atoms with E-state index in [9.17, 15) is 0 Å². The first-order valence-corrected chi connectivity index (χ1v) is 4.89. The van der Waals surface area contributed by atoms with Crippen LogP contribution in [0.2, 0.25) is 0 Å². The first kappa shape index (κ1) is 9.71. The number of nitrogens with two attached hydrogens (primary N) is 1. The van der Waals surface area contributed by atoms with E-state index in [1.54, 1.807) is 0 Å². The minimum absolute atomic E-state index is 0.560. The normalized spacial score (nSPS) is 10.5. The Kier molecular flexibility index (Phi) is 2.41. The van der Waals surface area contributed by atoms with Crippen molar-refractivity contribution in [2.24, 2.45) is 0 Å². The molecule has 2 N–H and O–H groups in total. The SMILES string of the molecule is CCc1noc(-c2ccc(N)cc2C)n1. The first-order valence-electron chi connectivity index (χ1n) is 4.89. The number of nitrogen functional groups attached to an aromatic ring is 1. The maximum Gasteiger partial charge on any atom is 0.258 e. The monoisotopic (exact) mass is 203 g/mol. The second-order valence-corrected chi connectivity index (χ2v) is 3.44. The second-order valence-electron chi connectivity index (χ2n) is 3.44. The van der Waals surface area contributed by atoms with Crippen molar-refractivity contribution < 1.29 is 4.52 Å². The number of nitrogens with zero attached hydrogens (tertiary/aromatic N) is 2. The van der Waals surface area contributed by atoms with Crippen LogP contribution in [0.3, 0.4) is 0 Å². The van der Waals surface area contributed by atoms with Crippen molar-refractivity contribution in [2.45, 2.75) is 20.3 Å². The summed E-state index contributed by atoms with van der Waals surface area (Å²) < 4.78 is 5.16. The van der Waals surface area contributed by atoms with Gasteiger partial charge >= 0.3 is 0 Å². The van der Waals surface area contributed by atoms with Crippen LogP contribution < -0.4 is 5.73 Å². The summed E-state index contributed by atoms with van der Waals surface area (Å²) in [4.78, 5) is 4.27. The molecule has 0 unspecified atom stereocenters. The van der Waals surface area contributed by atoms with Gasteiger partial charge in [-0.2, -0.15) is 4.98 Å². The Hall–Kier alpha value is -1.84. The average molecular weight is 203 g/mol. The van der Waals surface area contributed by atoms with Gasteiger partial charge in [0.15, 0.2) is 5.82 Å². The Balaban J connectivity index is 2.44. The highest BCUT2D eigenvalue weighted by atomic mass is 16.5. The minimum Gasteiger partial charge on any atom is -0.399 e. The van der Waals surface area contributed by atoms with E-state index < -0.39 is 0 Å². The first-order chi connectivity index (χ1) is 7.20. The zero-order valence-electron chi connectivity index (χ0n) is 8.82. The molecule has 0 radical (unpaired) electrons. The van der Waals surface area contributed by atoms with E-state index in [1.807, 2.05) is 32.0 Å². The maximum absolute atomic E-state index is 5.67. The zero-order chi connectivity index (χ0) is 10.8. The molecule has 2 rings (SSSR count). The Morgan fingerprint density at radius 3 is 2.80 bits per heavy atom. The number of hydrogen-bond acceptors (Lipinski definition) is 4. The Bertz CT molecular complexity index is 476. The van der Waals surface area contributed by atoms with Gasteiger partial charge in [-0.25, -0.2) is 0 Å². The topological polar surface area (TPSA) is 64.9 Å². The van der Waals surface area contributed by atoms with Crippen molar-refractivity contribution in [1.29, 1.82) is 0 Å². The Morgan fingerprint density at radius 2 is 2.20 bits per heavy atom. The molecular formula is C11H13N3O. The van der Waals surface area contributed by atoms with Gasteiger partial charge in [0.1, 0.15) is 0 Å². The van der Waals surface area contributed by atoms with Gasteiger partial charge in [-0.1, -0.05) is 12.1 Å². The summed E-state index contributed by atoms with van der Waals surface area (Å²) in [6, 6.07) is 5.63. The molecule has 0 amide bonds. The van der Waals surface area contributed by atoms with Crippen molar-refractivity contribution in [3.63, 3.8) is 0 Å². The molecule has 1 aromatic heterocycles. The van der Waals surface area contributed by atoms with Crippen LogP contribution >= 0.6 is 0 Å². The van der Waals surface area contributed by atoms with Gasteiger partial charge in [0.2, 0.25) is 0 Å². The summed E-state index contributed by atoms with van der Waals surface area (Å²) in [5, 5.41) is 3.86. The van der Waals surface area contributed by atoms with E-state index in [1.165, 1.54) is 0 Å². The number of rotatable bonds is 2. The van der Waals surface area contributed by atoms with Gasteiger partial charge in [-0.05, 0) is 30.7 Å². The van der Waals surface area contributed by atoms with E-state index >= 15 is 0 Å². The van der Waals surface area contributed by atoms with Gasteiger partial charge in [0.05, 0.1) is 0 Å². The van der Waals surface area contributed by atoms with Crippen LogP contribution in [0.25, 0.3) is 11.5 Å². The van der Waals surface area contributed by atoms with Crippen LogP contribution in [0.5, 0.6) is 0 Å². The van der Waals surface area contributed by atoms with Gasteiger partial charge in [0.25, 0.3) is 5.89 Å². The third-order valence-corrected chi connectivity index (χ3v) is 2.27. The smallest absolute Gasteiger partial charge is 0.258 e. The Labute approximate surface area is 88.1 Å². The van der Waals surface area contributed by atoms with Crippen LogP contribution in [0.15, 0.2) is 22.7 Å². The Morgan fingerprint density at radius 1 is 1.40 bits per heavy atom. The van der Waals surface area contributed by atoms with Gasteiger partial charge in [-0.3, -0.25) is 0 Å². The third kappa shape index (κ3) is 1.83. The largest absolute Gasteiger partial charge is 0.399 e. The van der Waals surface area contributed by atoms with Crippen molar-refractivity contribution in [3.8, 4) is 11.5 Å². The highest BCUT2D eigenvalue weighted by Gasteiger charge is 2.09. The fourth-order valence-electron chi connectivity index (χ4n) is 1.43. The summed E-state index contributed by atoms with van der Waals surface area (Å²) in [7, 11) is 0. The molecule has 0 saturated heterocycles. The van der Waals surface area contributed by atoms with E-state index in [-0.39, 0.29) is 0 Å². The molecule has 0 aliphatic rings. The predicted molar refractivity (Wildman–Crippen MR) is 58.3 cm³/mol. The molecule has 4 heteroatoms. The summed E-state index contributed by atoms with van der Waals surface area (Å²) >= 11 is 0. The second kappa shape index (κ2) is 3.73. The van der Waals surface area contributed by atoms with Crippen LogP contribution in [-0.4, -0.2) is 10.1 Å². The fourth-order valence-corrected chi connectivity index (χ4v) is 1.43. The number of anilines is 1. The summed E-state index contributed by atoms with van der Waals surface area (Å²) in [6.45, 7) is 3.96. The number of benzene rings is 1. The van der Waals surface area contributed by atoms with Crippen LogP contribution in [0, 0.1) is 6.92 Å². The van der Waals surface area contributed by atoms with Crippen LogP contribution in [-0.2, 0) is 6.42 Å². The molecule has 1 heterocycles. The molecule has 0 saturated carbocycles. The van der Waals surface area contributed by atoms with Gasteiger partial charge < -0.3 is 10.3 Å². The lowest BCUT2D eigenvalue weighted by Gasteiger charge is -2.00. The molecule has 0 bridgehead atoms. The van der Waals surface area contributed by atoms with Gasteiger partial charge in [-0.15, -0.1) is 0 Å². The summed E-state index contributed by atoms with van der Waals surface area (Å²) in [5.74, 6) is 1.28. The molecule has 0 aliphatic heterocycles. The highest BCUT2D eigenvalue weighted by Crippen LogP contribution is 2.23. The van der Waals surface area contributed by atoms with Crippen molar-refractivity contribution in [1.82, 2.24) is 10.1 Å². The van der Waals surface area contributed by atoms with Crippen LogP contribution in [0.1, 0.15) is 18.3 Å². The van der Waals surface area contributed by atoms with E-state index in [4.69, 9.17) is 10.3 Å². The standard InChI is InChI=1S/C11H13N3O/c1-3-10-13-11(15-14-10)9-5-4-8(12)6-7(9)2/h4-6H,3,12H2,1-2H3. The van der Waals surface area contributed by atoms with E-state index in [0.717, 1.165) is 29.1 Å². The molecular weight excluding hydrogens is 190 g/mol. The maximum atomic E-state index is 5.67. The van der Waals surface area contributed by atoms with Gasteiger partial charge in [0, 0.05) is 17.7 Å². The molecule has 1 aromatic carbocycles. The predicted octanol–water partition coefficient (Wildman–Crippen LogP) is 2.19. The summed E-state index contributed by atoms with van der Waals surface area (Å²) in [5.41, 5.74) is 8.40. The molecule has 15 heavy (non-hydrogen) atoms. The number of aryl methyl sites for hydroxylation is 2. The number of hydrogen-bond donors (Lipinski definition) is 1. The van der Waals surface area contributed by atoms with Crippen molar-refractivity contribution in [3.05, 3.63) is 29.6 Å². The molecule has 0 aliphatic carbocycles. The summed E-state index contributed by atoms with van der Waals surface area (Å²) in [6.07, 6.45) is 0.775. The van der Waals surface area contributed by atoms with Crippen molar-refractivity contribution in [2.75, 3.05) is 5.73 Å². The average Bonchev–Trinajstić information content (AvgIpc) is 2.66. The van der Waals surface area contributed by atoms with E-state index in [0.29, 0.717) is 5.89 Å². The van der Waals surface area contributed by atoms with Crippen molar-refractivity contribution >= 4 is 5.69 Å². The molecule has 0 spiro atoms. The quantitative estimate of drug-likeness (QED) is 0.760. The molecule has 4 nitrogen and oxygen atoms in total. The minimum atomic E-state index is 0.560. The lowest BCUT2D eigenvalue weighted by atomic mass is 10.1. The number of aromatic nitrogens is 2. The zero-order valence-corrected chi connectivity index (χ0v) is 8.82. The lowest BCUT2D eigenvalue weighted by Crippen LogP contribution is -1.89. The lowest BCUT2D eigenvalue weighted by molar-refractivity contribution is 0.423. The highest BCUT2D eigenvalue weighted by molar-refractivity contribution is 5.62.